The van der Waals surface area contributed by atoms with Gasteiger partial charge in [0.2, 0.25) is 0 Å². The molecule has 4 heteroatoms. The maximum atomic E-state index is 10.6. The molecule has 21 heavy (non-hydrogen) atoms. The third-order valence-electron chi connectivity index (χ3n) is 2.93. The molecule has 0 fully saturated rings. The monoisotopic (exact) mass is 353 g/mol. The van der Waals surface area contributed by atoms with Crippen LogP contribution in [0.2, 0.25) is 0 Å². The van der Waals surface area contributed by atoms with Gasteiger partial charge >= 0.3 is 5.97 Å². The van der Waals surface area contributed by atoms with Crippen molar-refractivity contribution in [3.05, 3.63) is 34.3 Å². The van der Waals surface area contributed by atoms with Crippen LogP contribution in [0.1, 0.15) is 33.3 Å². The highest BCUT2D eigenvalue weighted by Crippen LogP contribution is 2.26. The van der Waals surface area contributed by atoms with Crippen LogP contribution in [0, 0.1) is 11.8 Å². The summed E-state index contributed by atoms with van der Waals surface area (Å²) in [6, 6.07) is 6.07. The van der Waals surface area contributed by atoms with Crippen LogP contribution in [0.5, 0.6) is 0 Å². The number of aliphatic carboxylic acids is 1. The molecule has 1 aromatic carbocycles. The molecule has 0 aliphatic rings. The smallest absolute Gasteiger partial charge is 0.328 e. The molecule has 1 N–H and O–H groups in total. The number of carboxylic acid groups (broad SMARTS) is 1. The van der Waals surface area contributed by atoms with Crippen LogP contribution in [-0.4, -0.2) is 24.2 Å². The van der Waals surface area contributed by atoms with Gasteiger partial charge in [-0.05, 0) is 35.6 Å². The zero-order chi connectivity index (χ0) is 16.0. The van der Waals surface area contributed by atoms with Crippen LogP contribution in [-0.2, 0) is 4.79 Å². The van der Waals surface area contributed by atoms with Crippen molar-refractivity contribution in [2.45, 2.75) is 27.7 Å². The molecular weight excluding hydrogens is 330 g/mol. The molecule has 0 saturated heterocycles. The third kappa shape index (κ3) is 6.34. The summed E-state index contributed by atoms with van der Waals surface area (Å²) < 4.78 is 0.912. The molecule has 0 radical (unpaired) electrons. The van der Waals surface area contributed by atoms with Crippen molar-refractivity contribution in [2.75, 3.05) is 18.0 Å². The second-order valence-electron chi connectivity index (χ2n) is 6.07. The second kappa shape index (κ2) is 8.23. The van der Waals surface area contributed by atoms with Crippen LogP contribution in [0.25, 0.3) is 6.08 Å². The number of anilines is 1. The van der Waals surface area contributed by atoms with E-state index in [0.717, 1.165) is 34.9 Å². The van der Waals surface area contributed by atoms with E-state index >= 15 is 0 Å². The highest BCUT2D eigenvalue weighted by atomic mass is 79.9. The first kappa shape index (κ1) is 17.8. The van der Waals surface area contributed by atoms with Gasteiger partial charge in [-0.25, -0.2) is 4.79 Å². The van der Waals surface area contributed by atoms with Crippen molar-refractivity contribution >= 4 is 33.7 Å². The van der Waals surface area contributed by atoms with Gasteiger partial charge in [-0.15, -0.1) is 0 Å². The van der Waals surface area contributed by atoms with Gasteiger partial charge in [0.1, 0.15) is 0 Å². The summed E-state index contributed by atoms with van der Waals surface area (Å²) in [6.45, 7) is 10.9. The van der Waals surface area contributed by atoms with Crippen molar-refractivity contribution < 1.29 is 9.90 Å². The maximum absolute atomic E-state index is 10.6. The van der Waals surface area contributed by atoms with Gasteiger partial charge in [0.15, 0.2) is 0 Å². The summed E-state index contributed by atoms with van der Waals surface area (Å²) in [5.41, 5.74) is 2.03. The largest absolute Gasteiger partial charge is 0.478 e. The Morgan fingerprint density at radius 1 is 1.24 bits per heavy atom. The van der Waals surface area contributed by atoms with Crippen molar-refractivity contribution in [3.8, 4) is 0 Å². The Kier molecular flexibility index (Phi) is 6.96. The van der Waals surface area contributed by atoms with E-state index in [4.69, 9.17) is 5.11 Å². The molecule has 0 unspecified atom stereocenters. The van der Waals surface area contributed by atoms with Crippen molar-refractivity contribution in [3.63, 3.8) is 0 Å². The Labute approximate surface area is 135 Å². The molecule has 0 aliphatic carbocycles. The molecule has 0 aliphatic heterocycles. The SMILES string of the molecule is CC(C)CN(CC(C)C)c1ccc(/C=C/C(=O)O)c(Br)c1. The minimum Gasteiger partial charge on any atom is -0.478 e. The van der Waals surface area contributed by atoms with Gasteiger partial charge in [0.25, 0.3) is 0 Å². The Hall–Kier alpha value is -1.29. The lowest BCUT2D eigenvalue weighted by atomic mass is 10.1. The molecule has 0 bridgehead atoms. The maximum Gasteiger partial charge on any atom is 0.328 e. The van der Waals surface area contributed by atoms with Gasteiger partial charge < -0.3 is 10.0 Å². The van der Waals surface area contributed by atoms with Crippen LogP contribution < -0.4 is 4.90 Å². The zero-order valence-corrected chi connectivity index (χ0v) is 14.7. The fourth-order valence-corrected chi connectivity index (χ4v) is 2.67. The Bertz CT molecular complexity index is 500. The minimum absolute atomic E-state index is 0.592. The molecule has 0 amide bonds. The fourth-order valence-electron chi connectivity index (χ4n) is 2.18. The topological polar surface area (TPSA) is 40.5 Å². The number of benzene rings is 1. The van der Waals surface area contributed by atoms with E-state index in [1.807, 2.05) is 6.07 Å². The molecular formula is C17H24BrNO2. The number of carbonyl (C=O) groups is 1. The fraction of sp³-hybridized carbons (Fsp3) is 0.471. The summed E-state index contributed by atoms with van der Waals surface area (Å²) in [7, 11) is 0. The van der Waals surface area contributed by atoms with E-state index in [1.54, 1.807) is 6.08 Å². The first-order chi connectivity index (χ1) is 9.79. The second-order valence-corrected chi connectivity index (χ2v) is 6.92. The number of hydrogen-bond acceptors (Lipinski definition) is 2. The average Bonchev–Trinajstić information content (AvgIpc) is 2.35. The molecule has 0 heterocycles. The predicted molar refractivity (Wildman–Crippen MR) is 92.7 cm³/mol. The van der Waals surface area contributed by atoms with E-state index in [2.05, 4.69) is 60.7 Å². The first-order valence-electron chi connectivity index (χ1n) is 7.25. The van der Waals surface area contributed by atoms with Gasteiger partial charge in [0, 0.05) is 29.3 Å². The van der Waals surface area contributed by atoms with Gasteiger partial charge in [0.05, 0.1) is 0 Å². The quantitative estimate of drug-likeness (QED) is 0.724. The molecule has 0 saturated carbocycles. The van der Waals surface area contributed by atoms with Gasteiger partial charge in [-0.1, -0.05) is 49.7 Å². The Morgan fingerprint density at radius 2 is 1.81 bits per heavy atom. The molecule has 116 valence electrons. The van der Waals surface area contributed by atoms with Gasteiger partial charge in [-0.3, -0.25) is 0 Å². The van der Waals surface area contributed by atoms with Crippen molar-refractivity contribution in [1.29, 1.82) is 0 Å². The summed E-state index contributed by atoms with van der Waals surface area (Å²) >= 11 is 3.53. The lowest BCUT2D eigenvalue weighted by molar-refractivity contribution is -0.131. The van der Waals surface area contributed by atoms with Crippen LogP contribution in [0.15, 0.2) is 28.7 Å². The van der Waals surface area contributed by atoms with Crippen molar-refractivity contribution in [1.82, 2.24) is 0 Å². The van der Waals surface area contributed by atoms with E-state index in [0.29, 0.717) is 11.8 Å². The molecule has 0 atom stereocenters. The zero-order valence-electron chi connectivity index (χ0n) is 13.1. The van der Waals surface area contributed by atoms with E-state index in [-0.39, 0.29) is 0 Å². The summed E-state index contributed by atoms with van der Waals surface area (Å²) in [5.74, 6) is 0.246. The summed E-state index contributed by atoms with van der Waals surface area (Å²) in [4.78, 5) is 13.0. The van der Waals surface area contributed by atoms with Crippen LogP contribution >= 0.6 is 15.9 Å². The lowest BCUT2D eigenvalue weighted by Crippen LogP contribution is -2.31. The molecule has 3 nitrogen and oxygen atoms in total. The van der Waals surface area contributed by atoms with Crippen LogP contribution in [0.4, 0.5) is 5.69 Å². The normalized spacial score (nSPS) is 11.6. The number of hydrogen-bond donors (Lipinski definition) is 1. The highest BCUT2D eigenvalue weighted by molar-refractivity contribution is 9.10. The third-order valence-corrected chi connectivity index (χ3v) is 3.61. The standard InChI is InChI=1S/C17H24BrNO2/c1-12(2)10-19(11-13(3)4)15-7-5-14(16(18)9-15)6-8-17(20)21/h5-9,12-13H,10-11H2,1-4H3,(H,20,21)/b8-6+. The number of carboxylic acids is 1. The van der Waals surface area contributed by atoms with Gasteiger partial charge in [-0.2, -0.15) is 0 Å². The lowest BCUT2D eigenvalue weighted by Gasteiger charge is -2.29. The predicted octanol–water partition coefficient (Wildman–Crippen LogP) is 4.67. The molecule has 1 aromatic rings. The number of halogens is 1. The first-order valence-corrected chi connectivity index (χ1v) is 8.04. The average molecular weight is 354 g/mol. The van der Waals surface area contributed by atoms with E-state index in [1.165, 1.54) is 0 Å². The number of nitrogens with zero attached hydrogens (tertiary/aromatic N) is 1. The van der Waals surface area contributed by atoms with Crippen LogP contribution in [0.3, 0.4) is 0 Å². The Morgan fingerprint density at radius 3 is 2.24 bits per heavy atom. The Balaban J connectivity index is 2.99. The summed E-state index contributed by atoms with van der Waals surface area (Å²) in [6.07, 6.45) is 2.76. The molecule has 1 rings (SSSR count). The number of rotatable bonds is 7. The molecule has 0 spiro atoms. The van der Waals surface area contributed by atoms with E-state index in [9.17, 15) is 4.79 Å². The highest BCUT2D eigenvalue weighted by Gasteiger charge is 2.11. The minimum atomic E-state index is -0.938. The summed E-state index contributed by atoms with van der Waals surface area (Å²) in [5, 5.41) is 8.70. The van der Waals surface area contributed by atoms with E-state index < -0.39 is 5.97 Å². The van der Waals surface area contributed by atoms with Crippen molar-refractivity contribution in [2.24, 2.45) is 11.8 Å². The molecule has 0 aromatic heterocycles.